The van der Waals surface area contributed by atoms with Crippen molar-refractivity contribution in [3.63, 3.8) is 0 Å². The first-order valence-electron chi connectivity index (χ1n) is 8.15. The molecule has 21 heavy (non-hydrogen) atoms. The summed E-state index contributed by atoms with van der Waals surface area (Å²) in [6.07, 6.45) is 7.36. The molecule has 0 atom stereocenters. The van der Waals surface area contributed by atoms with Gasteiger partial charge in [0.1, 0.15) is 5.82 Å². The Bertz CT molecular complexity index is 425. The summed E-state index contributed by atoms with van der Waals surface area (Å²) in [5.74, 6) is 1.96. The molecule has 2 aliphatic rings. The highest BCUT2D eigenvalue weighted by Crippen LogP contribution is 2.29. The number of rotatable bonds is 5. The maximum absolute atomic E-state index is 5.38. The fourth-order valence-electron chi connectivity index (χ4n) is 3.53. The normalized spacial score (nSPS) is 26.9. The third kappa shape index (κ3) is 3.55. The fraction of sp³-hybridized carbons (Fsp3) is 0.706. The predicted octanol–water partition coefficient (Wildman–Crippen LogP) is 2.41. The molecule has 2 fully saturated rings. The van der Waals surface area contributed by atoms with Crippen molar-refractivity contribution in [1.82, 2.24) is 9.88 Å². The van der Waals surface area contributed by atoms with Gasteiger partial charge >= 0.3 is 0 Å². The summed E-state index contributed by atoms with van der Waals surface area (Å²) >= 11 is 0. The van der Waals surface area contributed by atoms with E-state index in [1.165, 1.54) is 32.2 Å². The second-order valence-corrected chi connectivity index (χ2v) is 6.54. The van der Waals surface area contributed by atoms with E-state index in [0.29, 0.717) is 6.10 Å². The van der Waals surface area contributed by atoms with Gasteiger partial charge in [0, 0.05) is 39.0 Å². The van der Waals surface area contributed by atoms with E-state index in [1.807, 2.05) is 19.4 Å². The summed E-state index contributed by atoms with van der Waals surface area (Å²) in [5.41, 5.74) is 0. The first-order chi connectivity index (χ1) is 10.3. The third-order valence-electron chi connectivity index (χ3n) is 5.16. The molecule has 1 saturated heterocycles. The smallest absolute Gasteiger partial charge is 0.128 e. The van der Waals surface area contributed by atoms with Crippen LogP contribution >= 0.6 is 0 Å². The largest absolute Gasteiger partial charge is 0.381 e. The SMILES string of the molecule is COC1CC(N(C)CC2CCN(c3ccccn3)CC2)C1. The molecule has 4 heteroatoms. The van der Waals surface area contributed by atoms with E-state index in [-0.39, 0.29) is 0 Å². The van der Waals surface area contributed by atoms with Gasteiger partial charge in [-0.15, -0.1) is 0 Å². The quantitative estimate of drug-likeness (QED) is 0.832. The Balaban J connectivity index is 1.42. The summed E-state index contributed by atoms with van der Waals surface area (Å²) in [4.78, 5) is 9.43. The van der Waals surface area contributed by atoms with Gasteiger partial charge in [0.15, 0.2) is 0 Å². The summed E-state index contributed by atoms with van der Waals surface area (Å²) in [5, 5.41) is 0. The molecular weight excluding hydrogens is 262 g/mol. The molecule has 0 radical (unpaired) electrons. The number of hydrogen-bond acceptors (Lipinski definition) is 4. The fourth-order valence-corrected chi connectivity index (χ4v) is 3.53. The van der Waals surface area contributed by atoms with E-state index in [2.05, 4.69) is 34.0 Å². The van der Waals surface area contributed by atoms with Crippen LogP contribution in [-0.2, 0) is 4.74 Å². The van der Waals surface area contributed by atoms with Gasteiger partial charge in [0.05, 0.1) is 6.10 Å². The minimum atomic E-state index is 0.503. The van der Waals surface area contributed by atoms with Crippen LogP contribution in [0.4, 0.5) is 5.82 Å². The lowest BCUT2D eigenvalue weighted by Crippen LogP contribution is -2.48. The lowest BCUT2D eigenvalue weighted by Gasteiger charge is -2.42. The Morgan fingerprint density at radius 2 is 2.05 bits per heavy atom. The lowest BCUT2D eigenvalue weighted by molar-refractivity contribution is -0.0238. The molecular formula is C17H27N3O. The van der Waals surface area contributed by atoms with E-state index < -0.39 is 0 Å². The van der Waals surface area contributed by atoms with Crippen LogP contribution in [0, 0.1) is 5.92 Å². The molecule has 1 aromatic rings. The van der Waals surface area contributed by atoms with Crippen molar-refractivity contribution in [1.29, 1.82) is 0 Å². The highest BCUT2D eigenvalue weighted by molar-refractivity contribution is 5.37. The van der Waals surface area contributed by atoms with Gasteiger partial charge in [0.25, 0.3) is 0 Å². The number of nitrogens with zero attached hydrogens (tertiary/aromatic N) is 3. The van der Waals surface area contributed by atoms with Crippen LogP contribution in [0.15, 0.2) is 24.4 Å². The number of piperidine rings is 1. The lowest BCUT2D eigenvalue weighted by atomic mass is 9.86. The zero-order valence-electron chi connectivity index (χ0n) is 13.2. The summed E-state index contributed by atoms with van der Waals surface area (Å²) in [7, 11) is 4.11. The highest BCUT2D eigenvalue weighted by atomic mass is 16.5. The third-order valence-corrected chi connectivity index (χ3v) is 5.16. The molecule has 116 valence electrons. The molecule has 0 N–H and O–H groups in total. The second-order valence-electron chi connectivity index (χ2n) is 6.54. The van der Waals surface area contributed by atoms with E-state index in [0.717, 1.165) is 30.9 Å². The van der Waals surface area contributed by atoms with Crippen LogP contribution in [0.5, 0.6) is 0 Å². The maximum Gasteiger partial charge on any atom is 0.128 e. The first-order valence-corrected chi connectivity index (χ1v) is 8.15. The van der Waals surface area contributed by atoms with Gasteiger partial charge in [-0.1, -0.05) is 6.07 Å². The maximum atomic E-state index is 5.38. The molecule has 0 spiro atoms. The van der Waals surface area contributed by atoms with Crippen molar-refractivity contribution in [2.24, 2.45) is 5.92 Å². The van der Waals surface area contributed by atoms with Crippen molar-refractivity contribution >= 4 is 5.82 Å². The molecule has 2 heterocycles. The zero-order chi connectivity index (χ0) is 14.7. The predicted molar refractivity (Wildman–Crippen MR) is 85.6 cm³/mol. The van der Waals surface area contributed by atoms with Crippen molar-refractivity contribution in [3.8, 4) is 0 Å². The molecule has 0 amide bonds. The monoisotopic (exact) mass is 289 g/mol. The number of aromatic nitrogens is 1. The van der Waals surface area contributed by atoms with Crippen LogP contribution in [0.25, 0.3) is 0 Å². The highest BCUT2D eigenvalue weighted by Gasteiger charge is 2.33. The van der Waals surface area contributed by atoms with Crippen molar-refractivity contribution in [2.75, 3.05) is 38.7 Å². The topological polar surface area (TPSA) is 28.6 Å². The van der Waals surface area contributed by atoms with Crippen LogP contribution in [0.2, 0.25) is 0 Å². The Kier molecular flexibility index (Phi) is 4.76. The Morgan fingerprint density at radius 3 is 2.67 bits per heavy atom. The van der Waals surface area contributed by atoms with Crippen LogP contribution in [0.1, 0.15) is 25.7 Å². The van der Waals surface area contributed by atoms with Gasteiger partial charge in [-0.25, -0.2) is 4.98 Å². The zero-order valence-corrected chi connectivity index (χ0v) is 13.2. The Morgan fingerprint density at radius 1 is 1.29 bits per heavy atom. The second kappa shape index (κ2) is 6.75. The average molecular weight is 289 g/mol. The van der Waals surface area contributed by atoms with Crippen molar-refractivity contribution in [3.05, 3.63) is 24.4 Å². The van der Waals surface area contributed by atoms with Crippen LogP contribution in [0.3, 0.4) is 0 Å². The number of ether oxygens (including phenoxy) is 1. The molecule has 3 rings (SSSR count). The minimum Gasteiger partial charge on any atom is -0.381 e. The van der Waals surface area contributed by atoms with Crippen molar-refractivity contribution in [2.45, 2.75) is 37.8 Å². The summed E-state index contributed by atoms with van der Waals surface area (Å²) in [6, 6.07) is 6.91. The Labute approximate surface area is 128 Å². The molecule has 4 nitrogen and oxygen atoms in total. The van der Waals surface area contributed by atoms with Gasteiger partial charge in [-0.3, -0.25) is 0 Å². The number of methoxy groups -OCH3 is 1. The van der Waals surface area contributed by atoms with Crippen LogP contribution in [-0.4, -0.2) is 55.8 Å². The van der Waals surface area contributed by atoms with E-state index >= 15 is 0 Å². The molecule has 1 aromatic heterocycles. The Hall–Kier alpha value is -1.13. The van der Waals surface area contributed by atoms with E-state index in [1.54, 1.807) is 0 Å². The molecule has 0 aromatic carbocycles. The summed E-state index contributed by atoms with van der Waals surface area (Å²) in [6.45, 7) is 3.51. The molecule has 0 unspecified atom stereocenters. The standard InChI is InChI=1S/C17H27N3O/c1-19(15-11-16(12-15)21-2)13-14-6-9-20(10-7-14)17-5-3-4-8-18-17/h3-5,8,14-16H,6-7,9-13H2,1-2H3. The first kappa shape index (κ1) is 14.8. The number of anilines is 1. The van der Waals surface area contributed by atoms with Crippen LogP contribution < -0.4 is 4.90 Å². The molecule has 1 aliphatic carbocycles. The molecule has 1 saturated carbocycles. The summed E-state index contributed by atoms with van der Waals surface area (Å²) < 4.78 is 5.38. The van der Waals surface area contributed by atoms with Gasteiger partial charge < -0.3 is 14.5 Å². The number of hydrogen-bond donors (Lipinski definition) is 0. The molecule has 0 bridgehead atoms. The van der Waals surface area contributed by atoms with Crippen molar-refractivity contribution < 1.29 is 4.74 Å². The average Bonchev–Trinajstić information content (AvgIpc) is 2.48. The molecule has 1 aliphatic heterocycles. The van der Waals surface area contributed by atoms with Gasteiger partial charge in [0.2, 0.25) is 0 Å². The minimum absolute atomic E-state index is 0.503. The van der Waals surface area contributed by atoms with E-state index in [4.69, 9.17) is 4.74 Å². The van der Waals surface area contributed by atoms with Gasteiger partial charge in [-0.2, -0.15) is 0 Å². The van der Waals surface area contributed by atoms with Gasteiger partial charge in [-0.05, 0) is 50.8 Å². The number of pyridine rings is 1. The van der Waals surface area contributed by atoms with E-state index in [9.17, 15) is 0 Å².